The number of anilines is 2. The van der Waals surface area contributed by atoms with Gasteiger partial charge >= 0.3 is 0 Å². The quantitative estimate of drug-likeness (QED) is 0.368. The first-order valence-corrected chi connectivity index (χ1v) is 13.6. The van der Waals surface area contributed by atoms with Gasteiger partial charge in [0.1, 0.15) is 0 Å². The standard InChI is InChI=1S/C23H27Br2N4OP/c1-6-28(7-2)31(30)21(15-26-29(31)18-11-8-16(24)9-12-18)22-23(3,4)19-14-17(25)10-13-20(19)27(22)5/h8-15H,6-7H2,1-5H3/b22-21+/t31-/m0/s1. The number of hydrogen-bond donors (Lipinski definition) is 0. The Morgan fingerprint density at radius 2 is 1.65 bits per heavy atom. The zero-order valence-corrected chi connectivity index (χ0v) is 22.5. The summed E-state index contributed by atoms with van der Waals surface area (Å²) in [5.74, 6) is 0. The molecule has 4 rings (SSSR count). The van der Waals surface area contributed by atoms with Crippen molar-refractivity contribution in [3.05, 3.63) is 68.0 Å². The van der Waals surface area contributed by atoms with E-state index in [4.69, 9.17) is 5.10 Å². The molecular formula is C23H27Br2N4OP. The minimum atomic E-state index is -3.19. The van der Waals surface area contributed by atoms with Crippen LogP contribution in [0.5, 0.6) is 0 Å². The Hall–Kier alpha value is -1.40. The molecule has 1 atom stereocenters. The number of rotatable bonds is 4. The molecule has 2 aliphatic heterocycles. The van der Waals surface area contributed by atoms with E-state index in [1.165, 1.54) is 5.56 Å². The fraction of sp³-hybridized carbons (Fsp3) is 0.348. The van der Waals surface area contributed by atoms with Crippen molar-refractivity contribution in [2.75, 3.05) is 29.8 Å². The number of benzene rings is 2. The van der Waals surface area contributed by atoms with Crippen LogP contribution in [0.15, 0.2) is 67.5 Å². The third-order valence-electron chi connectivity index (χ3n) is 6.19. The highest BCUT2D eigenvalue weighted by Gasteiger charge is 2.50. The zero-order valence-electron chi connectivity index (χ0n) is 18.4. The van der Waals surface area contributed by atoms with E-state index in [1.807, 2.05) is 35.2 Å². The molecule has 0 aromatic heterocycles. The predicted octanol–water partition coefficient (Wildman–Crippen LogP) is 7.19. The van der Waals surface area contributed by atoms with Gasteiger partial charge in [0, 0.05) is 45.9 Å². The van der Waals surface area contributed by atoms with Gasteiger partial charge in [0.2, 0.25) is 0 Å². The maximum atomic E-state index is 15.0. The van der Waals surface area contributed by atoms with Crippen LogP contribution in [0.25, 0.3) is 0 Å². The van der Waals surface area contributed by atoms with Gasteiger partial charge in [-0.05, 0) is 48.0 Å². The summed E-state index contributed by atoms with van der Waals surface area (Å²) in [6.07, 6.45) is 1.82. The van der Waals surface area contributed by atoms with Gasteiger partial charge < -0.3 is 4.90 Å². The minimum absolute atomic E-state index is 0.312. The summed E-state index contributed by atoms with van der Waals surface area (Å²) in [6.45, 7) is 9.85. The third-order valence-corrected chi connectivity index (χ3v) is 10.4. The van der Waals surface area contributed by atoms with Gasteiger partial charge in [-0.2, -0.15) is 9.88 Å². The Balaban J connectivity index is 1.95. The van der Waals surface area contributed by atoms with Gasteiger partial charge in [-0.15, -0.1) is 0 Å². The van der Waals surface area contributed by atoms with E-state index in [9.17, 15) is 4.57 Å². The molecule has 164 valence electrons. The molecule has 8 heteroatoms. The largest absolute Gasteiger partial charge is 0.346 e. The van der Waals surface area contributed by atoms with Crippen molar-refractivity contribution in [3.63, 3.8) is 0 Å². The molecule has 2 aromatic rings. The van der Waals surface area contributed by atoms with Crippen molar-refractivity contribution >= 4 is 56.9 Å². The van der Waals surface area contributed by atoms with Crippen molar-refractivity contribution in [2.24, 2.45) is 5.10 Å². The van der Waals surface area contributed by atoms with Gasteiger partial charge in [-0.25, -0.2) is 4.67 Å². The number of hydrazone groups is 1. The number of allylic oxidation sites excluding steroid dienone is 2. The molecule has 0 bridgehead atoms. The van der Waals surface area contributed by atoms with E-state index < -0.39 is 7.44 Å². The highest BCUT2D eigenvalue weighted by atomic mass is 79.9. The molecular weight excluding hydrogens is 539 g/mol. The van der Waals surface area contributed by atoms with Crippen molar-refractivity contribution in [3.8, 4) is 0 Å². The molecule has 0 aliphatic carbocycles. The first-order chi connectivity index (χ1) is 14.7. The number of nitrogens with zero attached hydrogens (tertiary/aromatic N) is 4. The van der Waals surface area contributed by atoms with Crippen molar-refractivity contribution in [2.45, 2.75) is 33.1 Å². The van der Waals surface area contributed by atoms with Crippen molar-refractivity contribution < 1.29 is 4.57 Å². The highest BCUT2D eigenvalue weighted by Crippen LogP contribution is 2.67. The lowest BCUT2D eigenvalue weighted by molar-refractivity contribution is 0.446. The minimum Gasteiger partial charge on any atom is -0.346 e. The zero-order chi connectivity index (χ0) is 22.6. The van der Waals surface area contributed by atoms with E-state index >= 15 is 0 Å². The number of likely N-dealkylation sites (N-methyl/N-ethyl adjacent to an activating group) is 1. The molecule has 0 spiro atoms. The van der Waals surface area contributed by atoms with E-state index in [0.717, 1.165) is 31.3 Å². The first-order valence-electron chi connectivity index (χ1n) is 10.4. The molecule has 5 nitrogen and oxygen atoms in total. The van der Waals surface area contributed by atoms with Crippen LogP contribution in [-0.2, 0) is 9.98 Å². The topological polar surface area (TPSA) is 39.2 Å². The maximum absolute atomic E-state index is 15.0. The van der Waals surface area contributed by atoms with E-state index in [1.54, 1.807) is 4.78 Å². The Morgan fingerprint density at radius 1 is 1.03 bits per heavy atom. The van der Waals surface area contributed by atoms with E-state index in [-0.39, 0.29) is 5.41 Å². The monoisotopic (exact) mass is 564 g/mol. The Labute approximate surface area is 201 Å². The van der Waals surface area contributed by atoms with Crippen LogP contribution in [-0.4, -0.2) is 31.0 Å². The van der Waals surface area contributed by atoms with Crippen LogP contribution in [0.3, 0.4) is 0 Å². The molecule has 0 radical (unpaired) electrons. The van der Waals surface area contributed by atoms with Gasteiger partial charge in [-0.1, -0.05) is 59.6 Å². The SMILES string of the molecule is CCN(CC)[P@@]1(=O)/C(=C2/N(C)c3ccc(Br)cc3C2(C)C)C=NN1c1ccc(Br)cc1. The normalized spacial score (nSPS) is 24.4. The summed E-state index contributed by atoms with van der Waals surface area (Å²) in [7, 11) is -1.13. The molecule has 2 aromatic carbocycles. The van der Waals surface area contributed by atoms with E-state index in [0.29, 0.717) is 13.1 Å². The summed E-state index contributed by atoms with van der Waals surface area (Å²) in [6, 6.07) is 14.2. The van der Waals surface area contributed by atoms with Gasteiger partial charge in [0.15, 0.2) is 0 Å². The van der Waals surface area contributed by atoms with Crippen LogP contribution in [0.1, 0.15) is 33.3 Å². The molecule has 0 saturated heterocycles. The lowest BCUT2D eigenvalue weighted by Gasteiger charge is -2.36. The summed E-state index contributed by atoms with van der Waals surface area (Å²) < 4.78 is 20.8. The Kier molecular flexibility index (Phi) is 6.01. The number of fused-ring (bicyclic) bond motifs is 1. The molecule has 0 unspecified atom stereocenters. The van der Waals surface area contributed by atoms with Gasteiger partial charge in [0.25, 0.3) is 7.44 Å². The first kappa shape index (κ1) is 22.8. The lowest BCUT2D eigenvalue weighted by Crippen LogP contribution is -2.31. The Bertz CT molecular complexity index is 1120. The van der Waals surface area contributed by atoms with Crippen LogP contribution in [0.4, 0.5) is 11.4 Å². The second-order valence-corrected chi connectivity index (χ2v) is 12.6. The molecule has 0 fully saturated rings. The fourth-order valence-corrected chi connectivity index (χ4v) is 8.38. The molecule has 31 heavy (non-hydrogen) atoms. The fourth-order valence-electron chi connectivity index (χ4n) is 4.69. The smallest absolute Gasteiger partial charge is 0.292 e. The number of hydrogen-bond acceptors (Lipinski definition) is 3. The average Bonchev–Trinajstić information content (AvgIpc) is 3.15. The molecule has 0 saturated carbocycles. The predicted molar refractivity (Wildman–Crippen MR) is 138 cm³/mol. The summed E-state index contributed by atoms with van der Waals surface area (Å²) in [5, 5.41) is 5.51. The lowest BCUT2D eigenvalue weighted by atomic mass is 9.84. The number of halogens is 2. The third kappa shape index (κ3) is 3.45. The van der Waals surface area contributed by atoms with Crippen molar-refractivity contribution in [1.82, 2.24) is 4.67 Å². The molecule has 0 amide bonds. The molecule has 2 aliphatic rings. The summed E-state index contributed by atoms with van der Waals surface area (Å²) in [5.41, 5.74) is 3.90. The van der Waals surface area contributed by atoms with Crippen LogP contribution < -0.4 is 9.68 Å². The summed E-state index contributed by atoms with van der Waals surface area (Å²) >= 11 is 7.11. The van der Waals surface area contributed by atoms with Gasteiger partial charge in [0.05, 0.1) is 17.2 Å². The Morgan fingerprint density at radius 3 is 2.26 bits per heavy atom. The molecule has 0 N–H and O–H groups in total. The van der Waals surface area contributed by atoms with Gasteiger partial charge in [-0.3, -0.25) is 4.57 Å². The van der Waals surface area contributed by atoms with E-state index in [2.05, 4.69) is 89.7 Å². The van der Waals surface area contributed by atoms with Crippen LogP contribution >= 0.6 is 39.3 Å². The average molecular weight is 566 g/mol. The van der Waals surface area contributed by atoms with Crippen molar-refractivity contribution in [1.29, 1.82) is 0 Å². The second-order valence-electron chi connectivity index (χ2n) is 8.27. The molecule has 2 heterocycles. The second kappa shape index (κ2) is 8.18. The maximum Gasteiger partial charge on any atom is 0.292 e. The highest BCUT2D eigenvalue weighted by molar-refractivity contribution is 9.10. The summed E-state index contributed by atoms with van der Waals surface area (Å²) in [4.78, 5) is 2.18. The van der Waals surface area contributed by atoms with Crippen LogP contribution in [0, 0.1) is 0 Å². The van der Waals surface area contributed by atoms with Crippen LogP contribution in [0.2, 0.25) is 0 Å².